The van der Waals surface area contributed by atoms with Gasteiger partial charge in [0.25, 0.3) is 5.91 Å². The zero-order valence-corrected chi connectivity index (χ0v) is 12.6. The first-order chi connectivity index (χ1) is 10.6. The Morgan fingerprint density at radius 1 is 1.43 bits per heavy atom. The van der Waals surface area contributed by atoms with Crippen LogP contribution in [0.5, 0.6) is 0 Å². The summed E-state index contributed by atoms with van der Waals surface area (Å²) in [5.74, 6) is -1.78. The third kappa shape index (κ3) is 3.31. The fourth-order valence-corrected chi connectivity index (χ4v) is 2.49. The lowest BCUT2D eigenvalue weighted by atomic mass is 9.74. The molecule has 10 heteroatoms. The molecule has 23 heavy (non-hydrogen) atoms. The van der Waals surface area contributed by atoms with Crippen LogP contribution in [0.2, 0.25) is 0 Å². The third-order valence-electron chi connectivity index (χ3n) is 3.88. The molecule has 1 aromatic heterocycles. The average Bonchev–Trinajstić information content (AvgIpc) is 2.83. The third-order valence-corrected chi connectivity index (χ3v) is 3.88. The first-order valence-electron chi connectivity index (χ1n) is 6.94. The number of halogens is 3. The van der Waals surface area contributed by atoms with Crippen molar-refractivity contribution in [3.05, 3.63) is 17.5 Å². The fraction of sp³-hybridized carbons (Fsp3) is 0.615. The minimum Gasteiger partial charge on any atom is -0.387 e. The van der Waals surface area contributed by atoms with Crippen LogP contribution in [-0.2, 0) is 18.0 Å². The first-order valence-corrected chi connectivity index (χ1v) is 6.94. The molecule has 1 atom stereocenters. The molecule has 1 aromatic rings. The number of nitrogens with zero attached hydrogens (tertiary/aromatic N) is 2. The van der Waals surface area contributed by atoms with Crippen molar-refractivity contribution in [1.29, 1.82) is 0 Å². The molecule has 0 spiro atoms. The van der Waals surface area contributed by atoms with Crippen LogP contribution < -0.4 is 10.6 Å². The summed E-state index contributed by atoms with van der Waals surface area (Å²) >= 11 is 0. The number of likely N-dealkylation sites (N-methyl/N-ethyl adjacent to an activating group) is 1. The van der Waals surface area contributed by atoms with Crippen LogP contribution in [0.3, 0.4) is 0 Å². The van der Waals surface area contributed by atoms with E-state index in [2.05, 4.69) is 15.7 Å². The van der Waals surface area contributed by atoms with E-state index in [-0.39, 0.29) is 12.8 Å². The van der Waals surface area contributed by atoms with Gasteiger partial charge in [0.15, 0.2) is 5.69 Å². The highest BCUT2D eigenvalue weighted by atomic mass is 19.4. The van der Waals surface area contributed by atoms with E-state index < -0.39 is 40.9 Å². The van der Waals surface area contributed by atoms with E-state index in [1.165, 1.54) is 14.1 Å². The van der Waals surface area contributed by atoms with Gasteiger partial charge in [0.05, 0.1) is 11.2 Å². The normalized spacial score (nSPS) is 18.0. The number of hydrogen-bond donors (Lipinski definition) is 3. The van der Waals surface area contributed by atoms with Crippen LogP contribution in [0, 0.1) is 0 Å². The maximum Gasteiger partial charge on any atom is 0.435 e. The average molecular weight is 334 g/mol. The van der Waals surface area contributed by atoms with Crippen molar-refractivity contribution in [3.8, 4) is 0 Å². The van der Waals surface area contributed by atoms with Crippen LogP contribution in [-0.4, -0.2) is 45.4 Å². The lowest BCUT2D eigenvalue weighted by molar-refractivity contribution is -0.141. The fourth-order valence-electron chi connectivity index (χ4n) is 2.49. The Hall–Kier alpha value is -2.10. The topological polar surface area (TPSA) is 96.3 Å². The molecule has 0 aromatic carbocycles. The van der Waals surface area contributed by atoms with Gasteiger partial charge in [-0.3, -0.25) is 14.3 Å². The number of aromatic nitrogens is 2. The standard InChI is InChI=1S/C13H17F3N4O3/c1-17-11(22)9(12(23)4-3-5-12)18-10(21)7-6-20(2)19-8(7)13(14,15)16/h6,9,23H,3-5H2,1-2H3,(H,17,22)(H,18,21). The second-order valence-electron chi connectivity index (χ2n) is 5.54. The van der Waals surface area contributed by atoms with Gasteiger partial charge in [-0.1, -0.05) is 0 Å². The molecule has 0 bridgehead atoms. The lowest BCUT2D eigenvalue weighted by Crippen LogP contribution is -2.62. The Labute approximate surface area is 129 Å². The van der Waals surface area contributed by atoms with Gasteiger partial charge in [-0.05, 0) is 19.3 Å². The summed E-state index contributed by atoms with van der Waals surface area (Å²) in [4.78, 5) is 24.1. The minimum absolute atomic E-state index is 0.282. The number of aryl methyl sites for hydroxylation is 1. The predicted molar refractivity (Wildman–Crippen MR) is 72.3 cm³/mol. The second-order valence-corrected chi connectivity index (χ2v) is 5.54. The zero-order valence-electron chi connectivity index (χ0n) is 12.6. The van der Waals surface area contributed by atoms with Crippen molar-refractivity contribution in [2.24, 2.45) is 7.05 Å². The Morgan fingerprint density at radius 2 is 2.04 bits per heavy atom. The van der Waals surface area contributed by atoms with E-state index in [1.807, 2.05) is 0 Å². The van der Waals surface area contributed by atoms with E-state index >= 15 is 0 Å². The molecule has 3 N–H and O–H groups in total. The monoisotopic (exact) mass is 334 g/mol. The molecule has 1 heterocycles. The van der Waals surface area contributed by atoms with Crippen molar-refractivity contribution in [1.82, 2.24) is 20.4 Å². The van der Waals surface area contributed by atoms with Gasteiger partial charge in [0.2, 0.25) is 5.91 Å². The molecule has 128 valence electrons. The summed E-state index contributed by atoms with van der Waals surface area (Å²) < 4.78 is 39.6. The molecule has 2 amide bonds. The van der Waals surface area contributed by atoms with Gasteiger partial charge in [0, 0.05) is 20.3 Å². The second kappa shape index (κ2) is 5.84. The highest BCUT2D eigenvalue weighted by molar-refractivity contribution is 5.98. The van der Waals surface area contributed by atoms with E-state index in [9.17, 15) is 27.9 Å². The van der Waals surface area contributed by atoms with Gasteiger partial charge in [-0.15, -0.1) is 0 Å². The number of nitrogens with one attached hydrogen (secondary N) is 2. The number of carbonyl (C=O) groups excluding carboxylic acids is 2. The Bertz CT molecular complexity index is 622. The predicted octanol–water partition coefficient (Wildman–Crippen LogP) is 0.198. The number of rotatable bonds is 4. The first kappa shape index (κ1) is 17.3. The van der Waals surface area contributed by atoms with Crippen molar-refractivity contribution < 1.29 is 27.9 Å². The van der Waals surface area contributed by atoms with Gasteiger partial charge >= 0.3 is 6.18 Å². The maximum atomic E-state index is 12.9. The molecular weight excluding hydrogens is 317 g/mol. The summed E-state index contributed by atoms with van der Waals surface area (Å²) in [6.45, 7) is 0. The molecule has 1 unspecified atom stereocenters. The molecule has 0 saturated heterocycles. The summed E-state index contributed by atoms with van der Waals surface area (Å²) in [5.41, 5.74) is -3.48. The molecule has 0 aliphatic heterocycles. The van der Waals surface area contributed by atoms with E-state index in [1.54, 1.807) is 0 Å². The number of hydrogen-bond acceptors (Lipinski definition) is 4. The highest BCUT2D eigenvalue weighted by Gasteiger charge is 2.47. The van der Waals surface area contributed by atoms with Crippen molar-refractivity contribution >= 4 is 11.8 Å². The summed E-state index contributed by atoms with van der Waals surface area (Å²) in [5, 5.41) is 18.0. The summed E-state index contributed by atoms with van der Waals surface area (Å²) in [6.07, 6.45) is -2.65. The molecule has 7 nitrogen and oxygen atoms in total. The molecule has 1 aliphatic carbocycles. The zero-order chi connectivity index (χ0) is 17.4. The molecule has 1 aliphatic rings. The van der Waals surface area contributed by atoms with Gasteiger partial charge < -0.3 is 15.7 Å². The van der Waals surface area contributed by atoms with Gasteiger partial charge in [-0.2, -0.15) is 18.3 Å². The largest absolute Gasteiger partial charge is 0.435 e. The molecule has 2 rings (SSSR count). The number of amides is 2. The number of carbonyl (C=O) groups is 2. The highest BCUT2D eigenvalue weighted by Crippen LogP contribution is 2.35. The Morgan fingerprint density at radius 3 is 2.48 bits per heavy atom. The van der Waals surface area contributed by atoms with Crippen LogP contribution in [0.25, 0.3) is 0 Å². The minimum atomic E-state index is -4.80. The van der Waals surface area contributed by atoms with Crippen molar-refractivity contribution in [2.45, 2.75) is 37.1 Å². The number of alkyl halides is 3. The lowest BCUT2D eigenvalue weighted by Gasteiger charge is -2.42. The Balaban J connectivity index is 2.28. The quantitative estimate of drug-likeness (QED) is 0.733. The molecule has 0 radical (unpaired) electrons. The van der Waals surface area contributed by atoms with Crippen molar-refractivity contribution in [3.63, 3.8) is 0 Å². The molecular formula is C13H17F3N4O3. The smallest absolute Gasteiger partial charge is 0.387 e. The van der Waals surface area contributed by atoms with Gasteiger partial charge in [-0.25, -0.2) is 0 Å². The Kier molecular flexibility index (Phi) is 4.38. The van der Waals surface area contributed by atoms with Crippen molar-refractivity contribution in [2.75, 3.05) is 7.05 Å². The summed E-state index contributed by atoms with van der Waals surface area (Å²) in [6, 6.07) is -1.32. The molecule has 1 fully saturated rings. The van der Waals surface area contributed by atoms with Crippen LogP contribution in [0.15, 0.2) is 6.20 Å². The van der Waals surface area contributed by atoms with Crippen LogP contribution in [0.1, 0.15) is 35.3 Å². The van der Waals surface area contributed by atoms with Crippen LogP contribution >= 0.6 is 0 Å². The van der Waals surface area contributed by atoms with E-state index in [0.29, 0.717) is 6.42 Å². The molecule has 1 saturated carbocycles. The SMILES string of the molecule is CNC(=O)C(NC(=O)c1cn(C)nc1C(F)(F)F)C1(O)CCC1. The van der Waals surface area contributed by atoms with Gasteiger partial charge in [0.1, 0.15) is 6.04 Å². The van der Waals surface area contributed by atoms with Crippen LogP contribution in [0.4, 0.5) is 13.2 Å². The maximum absolute atomic E-state index is 12.9. The summed E-state index contributed by atoms with van der Waals surface area (Å²) in [7, 11) is 2.57. The number of aliphatic hydroxyl groups is 1. The van der Waals surface area contributed by atoms with E-state index in [0.717, 1.165) is 10.9 Å². The van der Waals surface area contributed by atoms with E-state index in [4.69, 9.17) is 0 Å².